The van der Waals surface area contributed by atoms with Crippen LogP contribution in [0.4, 0.5) is 0 Å². The summed E-state index contributed by atoms with van der Waals surface area (Å²) in [7, 11) is 0. The summed E-state index contributed by atoms with van der Waals surface area (Å²) in [4.78, 5) is 14.4. The van der Waals surface area contributed by atoms with Crippen LogP contribution >= 0.6 is 0 Å². The van der Waals surface area contributed by atoms with E-state index in [2.05, 4.69) is 13.0 Å². The number of ether oxygens (including phenoxy) is 1. The van der Waals surface area contributed by atoms with Gasteiger partial charge in [0.05, 0.1) is 6.61 Å². The molecule has 2 aliphatic carbocycles. The van der Waals surface area contributed by atoms with Crippen molar-refractivity contribution in [2.24, 2.45) is 23.7 Å². The third kappa shape index (κ3) is 3.92. The molecule has 0 bridgehead atoms. The number of hydrogen-bond donors (Lipinski definition) is 0. The van der Waals surface area contributed by atoms with Crippen LogP contribution < -0.4 is 0 Å². The molecule has 1 heterocycles. The van der Waals surface area contributed by atoms with Gasteiger partial charge in [-0.05, 0) is 56.4 Å². The Bertz CT molecular complexity index is 400. The van der Waals surface area contributed by atoms with Gasteiger partial charge in [-0.1, -0.05) is 25.3 Å². The van der Waals surface area contributed by atoms with Crippen LogP contribution in [-0.4, -0.2) is 37.1 Å². The molecule has 1 aliphatic heterocycles. The maximum atomic E-state index is 12.4. The van der Waals surface area contributed by atoms with Crippen molar-refractivity contribution in [3.8, 4) is 0 Å². The highest BCUT2D eigenvalue weighted by molar-refractivity contribution is 5.87. The Morgan fingerprint density at radius 2 is 2.05 bits per heavy atom. The maximum absolute atomic E-state index is 12.4. The van der Waals surface area contributed by atoms with Gasteiger partial charge in [0.25, 0.3) is 0 Å². The van der Waals surface area contributed by atoms with Gasteiger partial charge in [-0.15, -0.1) is 0 Å². The second-order valence-electron chi connectivity index (χ2n) is 7.49. The summed E-state index contributed by atoms with van der Waals surface area (Å²) < 4.78 is 5.42. The summed E-state index contributed by atoms with van der Waals surface area (Å²) in [5.74, 6) is 3.30. The van der Waals surface area contributed by atoms with E-state index in [4.69, 9.17) is 4.74 Å². The number of fused-ring (bicyclic) bond motifs is 1. The SMILES string of the molecule is CCN(CC1CCOC1)C(=O)/C=C/C1CCC2CCCC2C1. The van der Waals surface area contributed by atoms with Crippen molar-refractivity contribution in [3.63, 3.8) is 0 Å². The third-order valence-corrected chi connectivity index (χ3v) is 6.04. The predicted octanol–water partition coefficient (Wildman–Crippen LogP) is 3.64. The van der Waals surface area contributed by atoms with Crippen molar-refractivity contribution in [2.75, 3.05) is 26.3 Å². The van der Waals surface area contributed by atoms with E-state index in [0.717, 1.165) is 44.6 Å². The Morgan fingerprint density at radius 1 is 1.18 bits per heavy atom. The summed E-state index contributed by atoms with van der Waals surface area (Å²) in [6, 6.07) is 0. The molecule has 124 valence electrons. The van der Waals surface area contributed by atoms with Gasteiger partial charge in [0.15, 0.2) is 0 Å². The van der Waals surface area contributed by atoms with E-state index in [0.29, 0.717) is 11.8 Å². The summed E-state index contributed by atoms with van der Waals surface area (Å²) in [5, 5.41) is 0. The van der Waals surface area contributed by atoms with Gasteiger partial charge >= 0.3 is 0 Å². The lowest BCUT2D eigenvalue weighted by Crippen LogP contribution is -2.34. The monoisotopic (exact) mass is 305 g/mol. The van der Waals surface area contributed by atoms with Crippen molar-refractivity contribution in [1.29, 1.82) is 0 Å². The number of allylic oxidation sites excluding steroid dienone is 1. The zero-order chi connectivity index (χ0) is 15.4. The molecule has 1 amide bonds. The van der Waals surface area contributed by atoms with Crippen molar-refractivity contribution in [1.82, 2.24) is 4.90 Å². The molecule has 0 aromatic carbocycles. The molecule has 0 N–H and O–H groups in total. The number of nitrogens with zero attached hydrogens (tertiary/aromatic N) is 1. The number of rotatable bonds is 5. The van der Waals surface area contributed by atoms with Crippen molar-refractivity contribution >= 4 is 5.91 Å². The number of hydrogen-bond acceptors (Lipinski definition) is 2. The summed E-state index contributed by atoms with van der Waals surface area (Å²) in [6.45, 7) is 5.41. The third-order valence-electron chi connectivity index (χ3n) is 6.04. The smallest absolute Gasteiger partial charge is 0.246 e. The second-order valence-corrected chi connectivity index (χ2v) is 7.49. The first-order valence-electron chi connectivity index (χ1n) is 9.31. The van der Waals surface area contributed by atoms with Gasteiger partial charge in [-0.2, -0.15) is 0 Å². The highest BCUT2D eigenvalue weighted by Gasteiger charge is 2.32. The van der Waals surface area contributed by atoms with Crippen LogP contribution in [0.5, 0.6) is 0 Å². The Morgan fingerprint density at radius 3 is 2.82 bits per heavy atom. The zero-order valence-electron chi connectivity index (χ0n) is 14.0. The predicted molar refractivity (Wildman–Crippen MR) is 88.5 cm³/mol. The highest BCUT2D eigenvalue weighted by atomic mass is 16.5. The average Bonchev–Trinajstić information content (AvgIpc) is 3.20. The molecule has 4 atom stereocenters. The first-order valence-corrected chi connectivity index (χ1v) is 9.31. The van der Waals surface area contributed by atoms with Crippen LogP contribution in [0.1, 0.15) is 51.9 Å². The van der Waals surface area contributed by atoms with Crippen molar-refractivity contribution in [2.45, 2.75) is 51.9 Å². The van der Waals surface area contributed by atoms with E-state index in [9.17, 15) is 4.79 Å². The Labute approximate surface area is 135 Å². The van der Waals surface area contributed by atoms with Gasteiger partial charge in [0, 0.05) is 25.6 Å². The topological polar surface area (TPSA) is 29.5 Å². The molecule has 4 unspecified atom stereocenters. The van der Waals surface area contributed by atoms with Gasteiger partial charge < -0.3 is 9.64 Å². The molecule has 2 saturated carbocycles. The fourth-order valence-electron chi connectivity index (χ4n) is 4.65. The quantitative estimate of drug-likeness (QED) is 0.726. The van der Waals surface area contributed by atoms with Gasteiger partial charge in [-0.3, -0.25) is 4.79 Å². The summed E-state index contributed by atoms with van der Waals surface area (Å²) in [6.07, 6.45) is 13.5. The van der Waals surface area contributed by atoms with Crippen molar-refractivity contribution < 1.29 is 9.53 Å². The molecule has 3 rings (SSSR count). The van der Waals surface area contributed by atoms with E-state index >= 15 is 0 Å². The van der Waals surface area contributed by atoms with E-state index in [-0.39, 0.29) is 5.91 Å². The van der Waals surface area contributed by atoms with Crippen LogP contribution in [0.2, 0.25) is 0 Å². The van der Waals surface area contributed by atoms with E-state index < -0.39 is 0 Å². The average molecular weight is 305 g/mol. The number of amides is 1. The minimum absolute atomic E-state index is 0.197. The van der Waals surface area contributed by atoms with Crippen LogP contribution in [0, 0.1) is 23.7 Å². The Balaban J connectivity index is 1.48. The summed E-state index contributed by atoms with van der Waals surface area (Å²) >= 11 is 0. The van der Waals surface area contributed by atoms with E-state index in [1.54, 1.807) is 0 Å². The Hall–Kier alpha value is -0.830. The largest absolute Gasteiger partial charge is 0.381 e. The number of carbonyl (C=O) groups excluding carboxylic acids is 1. The van der Waals surface area contributed by atoms with Gasteiger partial charge in [-0.25, -0.2) is 0 Å². The summed E-state index contributed by atoms with van der Waals surface area (Å²) in [5.41, 5.74) is 0. The molecule has 0 spiro atoms. The highest BCUT2D eigenvalue weighted by Crippen LogP contribution is 2.44. The fourth-order valence-corrected chi connectivity index (χ4v) is 4.65. The lowest BCUT2D eigenvalue weighted by molar-refractivity contribution is -0.126. The first-order chi connectivity index (χ1) is 10.8. The first kappa shape index (κ1) is 16.0. The fraction of sp³-hybridized carbons (Fsp3) is 0.842. The molecule has 3 heteroatoms. The molecular formula is C19H31NO2. The lowest BCUT2D eigenvalue weighted by Gasteiger charge is -2.30. The molecule has 3 nitrogen and oxygen atoms in total. The van der Waals surface area contributed by atoms with Crippen molar-refractivity contribution in [3.05, 3.63) is 12.2 Å². The molecule has 3 aliphatic rings. The van der Waals surface area contributed by atoms with Gasteiger partial charge in [0.1, 0.15) is 0 Å². The molecular weight excluding hydrogens is 274 g/mol. The maximum Gasteiger partial charge on any atom is 0.246 e. The molecule has 22 heavy (non-hydrogen) atoms. The molecule has 0 aromatic heterocycles. The van der Waals surface area contributed by atoms with Crippen LogP contribution in [0.3, 0.4) is 0 Å². The van der Waals surface area contributed by atoms with Crippen LogP contribution in [0.25, 0.3) is 0 Å². The minimum Gasteiger partial charge on any atom is -0.381 e. The van der Waals surface area contributed by atoms with Gasteiger partial charge in [0.2, 0.25) is 5.91 Å². The standard InChI is InChI=1S/C19H31NO2/c1-2-20(13-16-10-11-22-14-16)19(21)9-7-15-6-8-17-4-3-5-18(17)12-15/h7,9,15-18H,2-6,8,10-14H2,1H3/b9-7+. The van der Waals surface area contributed by atoms with E-state index in [1.807, 2.05) is 11.0 Å². The van der Waals surface area contributed by atoms with Crippen LogP contribution in [-0.2, 0) is 9.53 Å². The Kier molecular flexibility index (Phi) is 5.56. The molecule has 1 saturated heterocycles. The number of likely N-dealkylation sites (N-methyl/N-ethyl adjacent to an activating group) is 1. The molecule has 0 radical (unpaired) electrons. The van der Waals surface area contributed by atoms with Crippen LogP contribution in [0.15, 0.2) is 12.2 Å². The number of carbonyl (C=O) groups is 1. The normalized spacial score (nSPS) is 35.0. The zero-order valence-corrected chi connectivity index (χ0v) is 14.0. The molecule has 0 aromatic rings. The lowest BCUT2D eigenvalue weighted by atomic mass is 9.76. The molecule has 3 fully saturated rings. The second kappa shape index (κ2) is 7.63. The minimum atomic E-state index is 0.197. The van der Waals surface area contributed by atoms with E-state index in [1.165, 1.54) is 38.5 Å².